The molecule has 0 unspecified atom stereocenters. The number of phenolic OH excluding ortho intramolecular Hbond substituents is 1. The highest BCUT2D eigenvalue weighted by atomic mass is 16.3. The summed E-state index contributed by atoms with van der Waals surface area (Å²) in [6.07, 6.45) is 3.82. The zero-order valence-electron chi connectivity index (χ0n) is 40.2. The zero-order valence-corrected chi connectivity index (χ0v) is 40.2. The predicted molar refractivity (Wildman–Crippen MR) is 264 cm³/mol. The van der Waals surface area contributed by atoms with Gasteiger partial charge in [0.1, 0.15) is 42.0 Å². The Bertz CT molecular complexity index is 2000. The number of rotatable bonds is 33. The van der Waals surface area contributed by atoms with Gasteiger partial charge in [-0.3, -0.25) is 43.5 Å². The second kappa shape index (κ2) is 31.9. The number of nitrogens with one attached hydrogen (secondary N) is 6. The van der Waals surface area contributed by atoms with Crippen molar-refractivity contribution >= 4 is 53.3 Å². The molecule has 7 atom stereocenters. The maximum absolute atomic E-state index is 14.5. The second-order valence-corrected chi connectivity index (χ2v) is 17.0. The van der Waals surface area contributed by atoms with Crippen LogP contribution < -0.4 is 66.3 Å². The van der Waals surface area contributed by atoms with Crippen LogP contribution in [0.3, 0.4) is 0 Å². The van der Waals surface area contributed by atoms with Crippen LogP contribution >= 0.6 is 0 Å². The van der Waals surface area contributed by atoms with Crippen LogP contribution in [0.5, 0.6) is 5.75 Å². The van der Waals surface area contributed by atoms with Gasteiger partial charge in [0.2, 0.25) is 41.4 Å². The number of carbonyl (C=O) groups is 7. The normalized spacial score (nSPS) is 13.9. The molecule has 0 bridgehead atoms. The minimum atomic E-state index is -1.38. The number of aromatic hydroxyl groups is 1. The van der Waals surface area contributed by atoms with E-state index in [0.717, 1.165) is 6.42 Å². The predicted octanol–water partition coefficient (Wildman–Crippen LogP) is -0.956. The monoisotopic (exact) mass is 965 g/mol. The Balaban J connectivity index is 2.56. The van der Waals surface area contributed by atoms with Crippen molar-refractivity contribution in [1.82, 2.24) is 31.9 Å². The van der Waals surface area contributed by atoms with Gasteiger partial charge in [0.25, 0.3) is 0 Å². The molecule has 19 N–H and O–H groups in total. The third-order valence-electron chi connectivity index (χ3n) is 11.3. The van der Waals surface area contributed by atoms with Crippen LogP contribution in [0.4, 0.5) is 0 Å². The van der Waals surface area contributed by atoms with E-state index >= 15 is 0 Å². The molecule has 0 aromatic heterocycles. The molecule has 0 aliphatic heterocycles. The molecule has 7 amide bonds. The van der Waals surface area contributed by atoms with E-state index in [9.17, 15) is 38.7 Å². The summed E-state index contributed by atoms with van der Waals surface area (Å²) >= 11 is 0. The Morgan fingerprint density at radius 1 is 0.551 bits per heavy atom. The van der Waals surface area contributed by atoms with Crippen LogP contribution in [0.25, 0.3) is 0 Å². The maximum atomic E-state index is 14.5. The molecule has 22 heteroatoms. The van der Waals surface area contributed by atoms with Crippen molar-refractivity contribution in [3.8, 4) is 5.75 Å². The second-order valence-electron chi connectivity index (χ2n) is 17.0. The van der Waals surface area contributed by atoms with Crippen LogP contribution in [0, 0.1) is 5.92 Å². The number of aliphatic imine (C=N–C) groups is 2. The summed E-state index contributed by atoms with van der Waals surface area (Å²) in [5.74, 6) is -5.52. The van der Waals surface area contributed by atoms with Gasteiger partial charge in [-0.05, 0) is 87.1 Å². The van der Waals surface area contributed by atoms with Crippen LogP contribution in [0.15, 0.2) is 64.6 Å². The minimum Gasteiger partial charge on any atom is -0.508 e. The lowest BCUT2D eigenvalue weighted by molar-refractivity contribution is -0.136. The highest BCUT2D eigenvalue weighted by molar-refractivity contribution is 5.97. The topological polar surface area (TPSA) is 393 Å². The van der Waals surface area contributed by atoms with Gasteiger partial charge in [-0.15, -0.1) is 0 Å². The number of primary amides is 1. The molecule has 0 radical (unpaired) electrons. The first kappa shape index (κ1) is 58.2. The highest BCUT2D eigenvalue weighted by Crippen LogP contribution is 2.15. The number of benzene rings is 2. The third-order valence-corrected chi connectivity index (χ3v) is 11.3. The number of amides is 7. The van der Waals surface area contributed by atoms with Gasteiger partial charge in [0.15, 0.2) is 11.9 Å². The van der Waals surface area contributed by atoms with E-state index in [-0.39, 0.29) is 81.6 Å². The van der Waals surface area contributed by atoms with E-state index in [1.807, 2.05) is 13.8 Å². The van der Waals surface area contributed by atoms with E-state index < -0.39 is 77.6 Å². The van der Waals surface area contributed by atoms with Crippen molar-refractivity contribution in [3.63, 3.8) is 0 Å². The number of hydrogen-bond acceptors (Lipinski definition) is 11. The lowest BCUT2D eigenvalue weighted by Crippen LogP contribution is -2.61. The molecule has 0 aliphatic carbocycles. The first-order valence-corrected chi connectivity index (χ1v) is 23.6. The number of phenols is 1. The van der Waals surface area contributed by atoms with Gasteiger partial charge in [0, 0.05) is 32.4 Å². The average Bonchev–Trinajstić information content (AvgIpc) is 3.31. The largest absolute Gasteiger partial charge is 0.508 e. The molecule has 0 heterocycles. The van der Waals surface area contributed by atoms with Crippen molar-refractivity contribution in [2.24, 2.45) is 50.3 Å². The average molecular weight is 965 g/mol. The Morgan fingerprint density at radius 2 is 1.01 bits per heavy atom. The van der Waals surface area contributed by atoms with Crippen molar-refractivity contribution in [2.45, 2.75) is 140 Å². The molecule has 69 heavy (non-hydrogen) atoms. The van der Waals surface area contributed by atoms with Gasteiger partial charge >= 0.3 is 0 Å². The van der Waals surface area contributed by atoms with Gasteiger partial charge in [-0.25, -0.2) is 0 Å². The van der Waals surface area contributed by atoms with Crippen LogP contribution in [0.1, 0.15) is 103 Å². The molecule has 382 valence electrons. The van der Waals surface area contributed by atoms with Gasteiger partial charge in [0.05, 0.1) is 0 Å². The summed E-state index contributed by atoms with van der Waals surface area (Å²) in [5, 5.41) is 26.5. The van der Waals surface area contributed by atoms with E-state index in [1.165, 1.54) is 12.1 Å². The maximum Gasteiger partial charge on any atom is 0.243 e. The Labute approximate surface area is 404 Å². The Hall–Kier alpha value is -6.97. The standard InChI is InChI=1S/C47H76N14O8/c1-4-6-19-38(63)56-34(17-12-25-54-46(50)51)41(65)59-36(27-30-14-8-7-9-15-30)44(68)60-37(28-31-20-22-32(62)23-21-31)43(67)58-35(18-13-26-55-47(52)53)42(66)61-39(29(3)5-2)45(69)57-33(40(49)64)16-10-11-24-48/h7-9,14-15,20-23,29,33-37,39,62H,4-6,10-13,16-19,24-28,48H2,1-3H3,(H2,49,64)(H,56,63)(H,57,69)(H,58,67)(H,59,65)(H,60,68)(H,61,66)(H4,50,51,54)(H4,52,53,55)/t29-,33-,34-,35-,36-,37-,39-/m0/s1. The highest BCUT2D eigenvalue weighted by Gasteiger charge is 2.35. The first-order chi connectivity index (χ1) is 32.9. The molecule has 0 spiro atoms. The first-order valence-electron chi connectivity index (χ1n) is 23.6. The smallest absolute Gasteiger partial charge is 0.243 e. The molecule has 0 saturated carbocycles. The molecule has 2 aromatic rings. The fraction of sp³-hybridized carbons (Fsp3) is 0.553. The van der Waals surface area contributed by atoms with Crippen LogP contribution in [0.2, 0.25) is 0 Å². The van der Waals surface area contributed by atoms with Crippen molar-refractivity contribution in [3.05, 3.63) is 65.7 Å². The van der Waals surface area contributed by atoms with E-state index in [4.69, 9.17) is 34.4 Å². The van der Waals surface area contributed by atoms with Gasteiger partial charge in [-0.2, -0.15) is 0 Å². The molecule has 0 aliphatic rings. The molecular weight excluding hydrogens is 889 g/mol. The van der Waals surface area contributed by atoms with Crippen molar-refractivity contribution in [1.29, 1.82) is 0 Å². The minimum absolute atomic E-state index is 0.0189. The van der Waals surface area contributed by atoms with E-state index in [2.05, 4.69) is 41.9 Å². The Kier molecular flexibility index (Phi) is 26.9. The van der Waals surface area contributed by atoms with Crippen LogP contribution in [-0.2, 0) is 46.4 Å². The quantitative estimate of drug-likeness (QED) is 0.0233. The molecule has 0 fully saturated rings. The summed E-state index contributed by atoms with van der Waals surface area (Å²) < 4.78 is 0. The number of hydrogen-bond donors (Lipinski definition) is 13. The lowest BCUT2D eigenvalue weighted by Gasteiger charge is -2.29. The number of nitrogens with zero attached hydrogens (tertiary/aromatic N) is 2. The van der Waals surface area contributed by atoms with Crippen LogP contribution in [-0.4, -0.2) is 114 Å². The summed E-state index contributed by atoms with van der Waals surface area (Å²) in [7, 11) is 0. The van der Waals surface area contributed by atoms with E-state index in [1.54, 1.807) is 49.4 Å². The fourth-order valence-corrected chi connectivity index (χ4v) is 7.10. The number of unbranched alkanes of at least 4 members (excludes halogenated alkanes) is 2. The zero-order chi connectivity index (χ0) is 51.3. The number of carbonyl (C=O) groups excluding carboxylic acids is 7. The molecule has 2 aromatic carbocycles. The summed E-state index contributed by atoms with van der Waals surface area (Å²) in [6, 6.07) is 7.57. The molecule has 22 nitrogen and oxygen atoms in total. The molecule has 0 saturated heterocycles. The number of guanidine groups is 2. The van der Waals surface area contributed by atoms with Gasteiger partial charge < -0.3 is 71.4 Å². The van der Waals surface area contributed by atoms with Gasteiger partial charge in [-0.1, -0.05) is 76.1 Å². The SMILES string of the molecule is CCCCC(=O)N[C@@H](CCCN=C(N)N)C(=O)N[C@@H](Cc1ccccc1)C(=O)N[C@@H](Cc1ccc(O)cc1)C(=O)N[C@@H](CCCN=C(N)N)C(=O)N[C@H](C(=O)N[C@@H](CCCCN)C(N)=O)[C@@H](C)CC. The van der Waals surface area contributed by atoms with Crippen molar-refractivity contribution < 1.29 is 38.7 Å². The number of nitrogens with two attached hydrogens (primary N) is 6. The Morgan fingerprint density at radius 3 is 1.51 bits per heavy atom. The summed E-state index contributed by atoms with van der Waals surface area (Å²) in [6.45, 7) is 6.15. The fourth-order valence-electron chi connectivity index (χ4n) is 7.10. The lowest BCUT2D eigenvalue weighted by atomic mass is 9.96. The summed E-state index contributed by atoms with van der Waals surface area (Å²) in [4.78, 5) is 104. The molecular formula is C47H76N14O8. The molecule has 2 rings (SSSR count). The van der Waals surface area contributed by atoms with Crippen molar-refractivity contribution in [2.75, 3.05) is 19.6 Å². The third kappa shape index (κ3) is 23.1. The van der Waals surface area contributed by atoms with E-state index in [0.29, 0.717) is 49.8 Å². The summed E-state index contributed by atoms with van der Waals surface area (Å²) in [5.41, 5.74) is 34.5.